The molecule has 6 heteroatoms. The number of H-pyrrole nitrogens is 1. The van der Waals surface area contributed by atoms with Crippen LogP contribution in [0.4, 0.5) is 0 Å². The Labute approximate surface area is 156 Å². The second-order valence-corrected chi connectivity index (χ2v) is 6.92. The number of rotatable bonds is 3. The van der Waals surface area contributed by atoms with Crippen LogP contribution in [0, 0.1) is 0 Å². The van der Waals surface area contributed by atoms with Crippen molar-refractivity contribution in [1.82, 2.24) is 19.8 Å². The van der Waals surface area contributed by atoms with E-state index < -0.39 is 0 Å². The first-order chi connectivity index (χ1) is 13.3. The van der Waals surface area contributed by atoms with E-state index in [-0.39, 0.29) is 5.91 Å². The highest BCUT2D eigenvalue weighted by atomic mass is 16.3. The molecule has 1 aliphatic rings. The quantitative estimate of drug-likeness (QED) is 0.609. The molecular formula is C21H20N4O2. The smallest absolute Gasteiger partial charge is 0.289 e. The zero-order chi connectivity index (χ0) is 18.2. The van der Waals surface area contributed by atoms with Crippen molar-refractivity contribution in [3.8, 4) is 0 Å². The molecule has 136 valence electrons. The second-order valence-electron chi connectivity index (χ2n) is 6.92. The van der Waals surface area contributed by atoms with Gasteiger partial charge in [-0.05, 0) is 24.3 Å². The molecule has 6 nitrogen and oxygen atoms in total. The lowest BCUT2D eigenvalue weighted by atomic mass is 10.2. The van der Waals surface area contributed by atoms with Gasteiger partial charge in [-0.1, -0.05) is 30.3 Å². The standard InChI is InChI=1S/C21H20N4O2/c26-21(19-13-15-5-1-4-8-18(15)27-19)25-11-9-24(10-12-25)14-20-22-16-6-2-3-7-17(16)23-20/h1-8,13H,9-12,14H2,(H,22,23). The third-order valence-corrected chi connectivity index (χ3v) is 5.11. The summed E-state index contributed by atoms with van der Waals surface area (Å²) in [5.74, 6) is 1.35. The van der Waals surface area contributed by atoms with Gasteiger partial charge in [-0.25, -0.2) is 4.98 Å². The summed E-state index contributed by atoms with van der Waals surface area (Å²) in [6.07, 6.45) is 0. The number of amides is 1. The van der Waals surface area contributed by atoms with E-state index in [0.29, 0.717) is 18.8 Å². The minimum Gasteiger partial charge on any atom is -0.451 e. The Morgan fingerprint density at radius 3 is 2.63 bits per heavy atom. The first-order valence-electron chi connectivity index (χ1n) is 9.20. The Hall–Kier alpha value is -3.12. The number of carbonyl (C=O) groups is 1. The van der Waals surface area contributed by atoms with Crippen molar-refractivity contribution in [2.24, 2.45) is 0 Å². The highest BCUT2D eigenvalue weighted by Gasteiger charge is 2.25. The van der Waals surface area contributed by atoms with E-state index in [1.165, 1.54) is 0 Å². The summed E-state index contributed by atoms with van der Waals surface area (Å²) in [6.45, 7) is 3.79. The maximum absolute atomic E-state index is 12.7. The Bertz CT molecular complexity index is 1040. The van der Waals surface area contributed by atoms with Crippen LogP contribution in [0.25, 0.3) is 22.0 Å². The predicted octanol–water partition coefficient (Wildman–Crippen LogP) is 3.27. The van der Waals surface area contributed by atoms with Crippen molar-refractivity contribution in [2.45, 2.75) is 6.54 Å². The molecule has 2 aromatic heterocycles. The van der Waals surface area contributed by atoms with Crippen LogP contribution in [-0.2, 0) is 6.54 Å². The lowest BCUT2D eigenvalue weighted by Crippen LogP contribution is -2.48. The van der Waals surface area contributed by atoms with E-state index in [1.807, 2.05) is 59.5 Å². The van der Waals surface area contributed by atoms with Crippen molar-refractivity contribution in [3.63, 3.8) is 0 Å². The zero-order valence-corrected chi connectivity index (χ0v) is 14.9. The van der Waals surface area contributed by atoms with Gasteiger partial charge in [0, 0.05) is 31.6 Å². The molecule has 4 aromatic rings. The van der Waals surface area contributed by atoms with E-state index in [1.54, 1.807) is 0 Å². The number of aromatic amines is 1. The molecule has 27 heavy (non-hydrogen) atoms. The van der Waals surface area contributed by atoms with Crippen molar-refractivity contribution in [3.05, 3.63) is 66.2 Å². The maximum Gasteiger partial charge on any atom is 0.289 e. The number of nitrogens with zero attached hydrogens (tertiary/aromatic N) is 3. The summed E-state index contributed by atoms with van der Waals surface area (Å²) in [5.41, 5.74) is 2.81. The number of para-hydroxylation sites is 3. The lowest BCUT2D eigenvalue weighted by molar-refractivity contribution is 0.0597. The van der Waals surface area contributed by atoms with Crippen LogP contribution < -0.4 is 0 Å². The van der Waals surface area contributed by atoms with Gasteiger partial charge in [0.1, 0.15) is 11.4 Å². The van der Waals surface area contributed by atoms with Gasteiger partial charge in [-0.2, -0.15) is 0 Å². The molecule has 0 spiro atoms. The molecule has 0 unspecified atom stereocenters. The number of benzene rings is 2. The number of fused-ring (bicyclic) bond motifs is 2. The van der Waals surface area contributed by atoms with E-state index in [0.717, 1.165) is 47.5 Å². The molecule has 2 aromatic carbocycles. The molecule has 1 aliphatic heterocycles. The Morgan fingerprint density at radius 1 is 1.04 bits per heavy atom. The van der Waals surface area contributed by atoms with Gasteiger partial charge in [-0.15, -0.1) is 0 Å². The number of nitrogens with one attached hydrogen (secondary N) is 1. The molecule has 1 N–H and O–H groups in total. The van der Waals surface area contributed by atoms with Crippen LogP contribution in [0.2, 0.25) is 0 Å². The van der Waals surface area contributed by atoms with Crippen molar-refractivity contribution >= 4 is 27.9 Å². The van der Waals surface area contributed by atoms with E-state index in [4.69, 9.17) is 4.42 Å². The van der Waals surface area contributed by atoms with E-state index in [2.05, 4.69) is 14.9 Å². The van der Waals surface area contributed by atoms with Crippen LogP contribution in [0.15, 0.2) is 59.0 Å². The highest BCUT2D eigenvalue weighted by Crippen LogP contribution is 2.21. The van der Waals surface area contributed by atoms with Crippen LogP contribution in [-0.4, -0.2) is 51.9 Å². The van der Waals surface area contributed by atoms with Crippen LogP contribution >= 0.6 is 0 Å². The summed E-state index contributed by atoms with van der Waals surface area (Å²) in [7, 11) is 0. The number of hydrogen-bond donors (Lipinski definition) is 1. The van der Waals surface area contributed by atoms with Crippen LogP contribution in [0.3, 0.4) is 0 Å². The summed E-state index contributed by atoms with van der Waals surface area (Å²) in [5, 5.41) is 0.962. The summed E-state index contributed by atoms with van der Waals surface area (Å²) in [4.78, 5) is 24.9. The minimum atomic E-state index is -0.0328. The molecule has 5 rings (SSSR count). The molecule has 0 bridgehead atoms. The zero-order valence-electron chi connectivity index (χ0n) is 14.9. The normalized spacial score (nSPS) is 15.6. The number of furan rings is 1. The van der Waals surface area contributed by atoms with Gasteiger partial charge in [0.05, 0.1) is 17.6 Å². The van der Waals surface area contributed by atoms with Crippen LogP contribution in [0.1, 0.15) is 16.4 Å². The minimum absolute atomic E-state index is 0.0328. The predicted molar refractivity (Wildman–Crippen MR) is 103 cm³/mol. The number of piperazine rings is 1. The van der Waals surface area contributed by atoms with Crippen molar-refractivity contribution < 1.29 is 9.21 Å². The largest absolute Gasteiger partial charge is 0.451 e. The van der Waals surface area contributed by atoms with E-state index in [9.17, 15) is 4.79 Å². The monoisotopic (exact) mass is 360 g/mol. The Kier molecular flexibility index (Phi) is 3.90. The number of hydrogen-bond acceptors (Lipinski definition) is 4. The fourth-order valence-electron chi connectivity index (χ4n) is 3.64. The fourth-order valence-corrected chi connectivity index (χ4v) is 3.64. The third kappa shape index (κ3) is 3.08. The highest BCUT2D eigenvalue weighted by molar-refractivity contribution is 5.96. The number of carbonyl (C=O) groups excluding carboxylic acids is 1. The third-order valence-electron chi connectivity index (χ3n) is 5.11. The van der Waals surface area contributed by atoms with Gasteiger partial charge in [0.2, 0.25) is 0 Å². The first kappa shape index (κ1) is 16.1. The molecule has 1 amide bonds. The molecular weight excluding hydrogens is 340 g/mol. The SMILES string of the molecule is O=C(c1cc2ccccc2o1)N1CCN(Cc2nc3ccccc3[nH]2)CC1. The molecule has 1 saturated heterocycles. The summed E-state index contributed by atoms with van der Waals surface area (Å²) < 4.78 is 5.72. The van der Waals surface area contributed by atoms with Crippen molar-refractivity contribution in [1.29, 1.82) is 0 Å². The van der Waals surface area contributed by atoms with Crippen molar-refractivity contribution in [2.75, 3.05) is 26.2 Å². The fraction of sp³-hybridized carbons (Fsp3) is 0.238. The molecule has 0 saturated carbocycles. The molecule has 0 atom stereocenters. The number of imidazole rings is 1. The second kappa shape index (κ2) is 6.55. The van der Waals surface area contributed by atoms with Gasteiger partial charge < -0.3 is 14.3 Å². The topological polar surface area (TPSA) is 65.4 Å². The molecule has 1 fully saturated rings. The van der Waals surface area contributed by atoms with Gasteiger partial charge in [0.15, 0.2) is 5.76 Å². The average molecular weight is 360 g/mol. The summed E-state index contributed by atoms with van der Waals surface area (Å²) >= 11 is 0. The van der Waals surface area contributed by atoms with Gasteiger partial charge in [-0.3, -0.25) is 9.69 Å². The van der Waals surface area contributed by atoms with E-state index >= 15 is 0 Å². The van der Waals surface area contributed by atoms with Crippen LogP contribution in [0.5, 0.6) is 0 Å². The molecule has 0 radical (unpaired) electrons. The molecule has 0 aliphatic carbocycles. The number of aromatic nitrogens is 2. The average Bonchev–Trinajstić information content (AvgIpc) is 3.31. The van der Waals surface area contributed by atoms with Gasteiger partial charge in [0.25, 0.3) is 5.91 Å². The Balaban J connectivity index is 1.23. The Morgan fingerprint density at radius 2 is 1.81 bits per heavy atom. The summed E-state index contributed by atoms with van der Waals surface area (Å²) in [6, 6.07) is 17.6. The molecule has 3 heterocycles. The van der Waals surface area contributed by atoms with Gasteiger partial charge >= 0.3 is 0 Å². The lowest BCUT2D eigenvalue weighted by Gasteiger charge is -2.33. The maximum atomic E-state index is 12.7. The first-order valence-corrected chi connectivity index (χ1v) is 9.20.